The Morgan fingerprint density at radius 3 is 2.34 bits per heavy atom. The summed E-state index contributed by atoms with van der Waals surface area (Å²) in [5, 5.41) is 18.4. The van der Waals surface area contributed by atoms with E-state index in [-0.39, 0.29) is 17.8 Å². The molecular formula is C28H26FN5O4. The van der Waals surface area contributed by atoms with Gasteiger partial charge in [-0.2, -0.15) is 5.10 Å². The Morgan fingerprint density at radius 2 is 1.71 bits per heavy atom. The fourth-order valence-corrected chi connectivity index (χ4v) is 3.86. The lowest BCUT2D eigenvalue weighted by Gasteiger charge is -2.22. The normalized spacial score (nSPS) is 10.7. The standard InChI is InChI=1S/C28H26FN5O4/c1-2-3-17-32(28(36)21-9-13-24(14-10-21)34(37)38)19-27(35)30-26-18-25(20-7-5-4-6-8-20)31-33(26)23-15-11-22(29)12-16-23/h4-16,18H,2-3,17,19H2,1H3,(H,30,35). The van der Waals surface area contributed by atoms with Crippen molar-refractivity contribution in [1.29, 1.82) is 0 Å². The summed E-state index contributed by atoms with van der Waals surface area (Å²) in [7, 11) is 0. The number of non-ortho nitro benzene ring substituents is 1. The third kappa shape index (κ3) is 6.28. The number of aromatic nitrogens is 2. The van der Waals surface area contributed by atoms with Crippen LogP contribution in [0.5, 0.6) is 0 Å². The van der Waals surface area contributed by atoms with E-state index in [1.54, 1.807) is 18.2 Å². The zero-order valence-electron chi connectivity index (χ0n) is 20.7. The zero-order valence-corrected chi connectivity index (χ0v) is 20.7. The molecule has 1 aromatic heterocycles. The number of benzene rings is 3. The summed E-state index contributed by atoms with van der Waals surface area (Å²) < 4.78 is 15.0. The quantitative estimate of drug-likeness (QED) is 0.223. The summed E-state index contributed by atoms with van der Waals surface area (Å²) in [5.41, 5.74) is 2.12. The average Bonchev–Trinajstić information content (AvgIpc) is 3.35. The molecule has 0 aliphatic carbocycles. The molecule has 10 heteroatoms. The second-order valence-corrected chi connectivity index (χ2v) is 8.60. The molecule has 4 aromatic rings. The Balaban J connectivity index is 1.58. The largest absolute Gasteiger partial charge is 0.329 e. The number of hydrogen-bond donors (Lipinski definition) is 1. The molecular weight excluding hydrogens is 489 g/mol. The molecule has 38 heavy (non-hydrogen) atoms. The van der Waals surface area contributed by atoms with Crippen LogP contribution in [0, 0.1) is 15.9 Å². The molecule has 0 saturated carbocycles. The summed E-state index contributed by atoms with van der Waals surface area (Å²) in [4.78, 5) is 38.1. The molecule has 0 saturated heterocycles. The van der Waals surface area contributed by atoms with Crippen molar-refractivity contribution in [1.82, 2.24) is 14.7 Å². The first kappa shape index (κ1) is 26.2. The Morgan fingerprint density at radius 1 is 1.03 bits per heavy atom. The smallest absolute Gasteiger partial charge is 0.269 e. The lowest BCUT2D eigenvalue weighted by atomic mass is 10.1. The number of nitro benzene ring substituents is 1. The maximum absolute atomic E-state index is 13.5. The number of amides is 2. The molecule has 0 fully saturated rings. The Bertz CT molecular complexity index is 1420. The number of rotatable bonds is 10. The fraction of sp³-hybridized carbons (Fsp3) is 0.179. The predicted octanol–water partition coefficient (Wildman–Crippen LogP) is 5.47. The molecule has 0 radical (unpaired) electrons. The van der Waals surface area contributed by atoms with Crippen LogP contribution < -0.4 is 5.32 Å². The monoisotopic (exact) mass is 515 g/mol. The number of carbonyl (C=O) groups excluding carboxylic acids is 2. The molecule has 3 aromatic carbocycles. The minimum absolute atomic E-state index is 0.123. The summed E-state index contributed by atoms with van der Waals surface area (Å²) >= 11 is 0. The zero-order chi connectivity index (χ0) is 27.1. The molecule has 4 rings (SSSR count). The lowest BCUT2D eigenvalue weighted by Crippen LogP contribution is -2.39. The van der Waals surface area contributed by atoms with Crippen LogP contribution >= 0.6 is 0 Å². The molecule has 1 N–H and O–H groups in total. The van der Waals surface area contributed by atoms with Crippen molar-refractivity contribution < 1.29 is 18.9 Å². The number of nitro groups is 1. The van der Waals surface area contributed by atoms with Gasteiger partial charge in [-0.05, 0) is 42.8 Å². The van der Waals surface area contributed by atoms with E-state index in [4.69, 9.17) is 0 Å². The van der Waals surface area contributed by atoms with Crippen LogP contribution in [0.25, 0.3) is 16.9 Å². The third-order valence-corrected chi connectivity index (χ3v) is 5.85. The van der Waals surface area contributed by atoms with E-state index in [0.717, 1.165) is 12.0 Å². The van der Waals surface area contributed by atoms with Gasteiger partial charge >= 0.3 is 0 Å². The van der Waals surface area contributed by atoms with Crippen molar-refractivity contribution in [3.05, 3.63) is 106 Å². The van der Waals surface area contributed by atoms with E-state index in [1.807, 2.05) is 37.3 Å². The number of unbranched alkanes of at least 4 members (excludes halogenated alkanes) is 1. The predicted molar refractivity (Wildman–Crippen MR) is 141 cm³/mol. The first-order valence-electron chi connectivity index (χ1n) is 12.1. The van der Waals surface area contributed by atoms with E-state index in [0.29, 0.717) is 30.2 Å². The molecule has 0 unspecified atom stereocenters. The van der Waals surface area contributed by atoms with Crippen molar-refractivity contribution in [3.8, 4) is 16.9 Å². The van der Waals surface area contributed by atoms with Crippen LogP contribution in [0.2, 0.25) is 0 Å². The van der Waals surface area contributed by atoms with Gasteiger partial charge in [-0.3, -0.25) is 19.7 Å². The Hall–Kier alpha value is -4.86. The number of carbonyl (C=O) groups is 2. The third-order valence-electron chi connectivity index (χ3n) is 5.85. The summed E-state index contributed by atoms with van der Waals surface area (Å²) in [5.74, 6) is -0.885. The minimum Gasteiger partial charge on any atom is -0.329 e. The van der Waals surface area contributed by atoms with Crippen LogP contribution in [0.15, 0.2) is 84.9 Å². The summed E-state index contributed by atoms with van der Waals surface area (Å²) in [6.45, 7) is 2.08. The van der Waals surface area contributed by atoms with Crippen molar-refractivity contribution >= 4 is 23.3 Å². The van der Waals surface area contributed by atoms with Crippen LogP contribution in [0.1, 0.15) is 30.1 Å². The summed E-state index contributed by atoms with van der Waals surface area (Å²) in [6.07, 6.45) is 1.49. The van der Waals surface area contributed by atoms with Crippen molar-refractivity contribution in [2.24, 2.45) is 0 Å². The van der Waals surface area contributed by atoms with Crippen molar-refractivity contribution in [2.75, 3.05) is 18.4 Å². The van der Waals surface area contributed by atoms with Crippen LogP contribution in [0.4, 0.5) is 15.9 Å². The van der Waals surface area contributed by atoms with E-state index in [1.165, 1.54) is 46.0 Å². The topological polar surface area (TPSA) is 110 Å². The first-order valence-corrected chi connectivity index (χ1v) is 12.1. The highest BCUT2D eigenvalue weighted by molar-refractivity contribution is 5.99. The molecule has 0 aliphatic heterocycles. The van der Waals surface area contributed by atoms with Gasteiger partial charge < -0.3 is 10.2 Å². The lowest BCUT2D eigenvalue weighted by molar-refractivity contribution is -0.384. The van der Waals surface area contributed by atoms with E-state index < -0.39 is 22.6 Å². The molecule has 0 spiro atoms. The SMILES string of the molecule is CCCCN(CC(=O)Nc1cc(-c2ccccc2)nn1-c1ccc(F)cc1)C(=O)c1ccc([N+](=O)[O-])cc1. The average molecular weight is 516 g/mol. The van der Waals surface area contributed by atoms with E-state index in [9.17, 15) is 24.1 Å². The number of halogens is 1. The maximum atomic E-state index is 13.5. The van der Waals surface area contributed by atoms with Gasteiger partial charge in [0, 0.05) is 35.9 Å². The molecule has 0 aliphatic rings. The molecule has 0 atom stereocenters. The second-order valence-electron chi connectivity index (χ2n) is 8.60. The number of nitrogens with one attached hydrogen (secondary N) is 1. The van der Waals surface area contributed by atoms with Gasteiger partial charge in [0.25, 0.3) is 11.6 Å². The molecule has 1 heterocycles. The van der Waals surface area contributed by atoms with E-state index >= 15 is 0 Å². The van der Waals surface area contributed by atoms with Crippen LogP contribution in [-0.2, 0) is 4.79 Å². The van der Waals surface area contributed by atoms with Gasteiger partial charge in [-0.1, -0.05) is 43.7 Å². The van der Waals surface area contributed by atoms with Crippen molar-refractivity contribution in [3.63, 3.8) is 0 Å². The molecule has 194 valence electrons. The van der Waals surface area contributed by atoms with Gasteiger partial charge in [0.15, 0.2) is 0 Å². The number of nitrogens with zero attached hydrogens (tertiary/aromatic N) is 4. The van der Waals surface area contributed by atoms with Crippen LogP contribution in [-0.4, -0.2) is 44.5 Å². The van der Waals surface area contributed by atoms with Gasteiger partial charge in [0.05, 0.1) is 16.3 Å². The minimum atomic E-state index is -0.537. The first-order chi connectivity index (χ1) is 18.4. The van der Waals surface area contributed by atoms with Crippen LogP contribution in [0.3, 0.4) is 0 Å². The highest BCUT2D eigenvalue weighted by atomic mass is 19.1. The maximum Gasteiger partial charge on any atom is 0.269 e. The van der Waals surface area contributed by atoms with Gasteiger partial charge in [0.1, 0.15) is 18.2 Å². The van der Waals surface area contributed by atoms with Gasteiger partial charge in [0.2, 0.25) is 5.91 Å². The second kappa shape index (κ2) is 11.9. The van der Waals surface area contributed by atoms with E-state index in [2.05, 4.69) is 10.4 Å². The molecule has 9 nitrogen and oxygen atoms in total. The highest BCUT2D eigenvalue weighted by Crippen LogP contribution is 2.25. The molecule has 2 amide bonds. The van der Waals surface area contributed by atoms with Gasteiger partial charge in [-0.15, -0.1) is 0 Å². The number of hydrogen-bond acceptors (Lipinski definition) is 5. The van der Waals surface area contributed by atoms with Crippen molar-refractivity contribution in [2.45, 2.75) is 19.8 Å². The Kier molecular flexibility index (Phi) is 8.22. The summed E-state index contributed by atoms with van der Waals surface area (Å²) in [6, 6.07) is 22.1. The highest BCUT2D eigenvalue weighted by Gasteiger charge is 2.21. The Labute approximate surface area is 218 Å². The fourth-order valence-electron chi connectivity index (χ4n) is 3.86. The molecule has 0 bridgehead atoms. The number of anilines is 1. The van der Waals surface area contributed by atoms with Gasteiger partial charge in [-0.25, -0.2) is 9.07 Å².